The first-order chi connectivity index (χ1) is 15.3. The summed E-state index contributed by atoms with van der Waals surface area (Å²) in [5, 5.41) is 6.29. The number of nitrogens with one attached hydrogen (secondary N) is 1. The Bertz CT molecular complexity index is 1220. The molecular weight excluding hydrogens is 441 g/mol. The Morgan fingerprint density at radius 3 is 2.50 bits per heavy atom. The third-order valence-electron chi connectivity index (χ3n) is 4.70. The molecule has 0 aliphatic carbocycles. The van der Waals surface area contributed by atoms with Crippen LogP contribution in [-0.2, 0) is 14.8 Å². The molecule has 1 aliphatic rings. The Kier molecular flexibility index (Phi) is 6.21. The van der Waals surface area contributed by atoms with E-state index in [1.54, 1.807) is 6.92 Å². The van der Waals surface area contributed by atoms with Crippen LogP contribution in [0.15, 0.2) is 57.9 Å². The lowest BCUT2D eigenvalue weighted by atomic mass is 10.2. The molecule has 9 nitrogen and oxygen atoms in total. The fraction of sp³-hybridized carbons (Fsp3) is 0.238. The van der Waals surface area contributed by atoms with Gasteiger partial charge in [0.1, 0.15) is 11.6 Å². The lowest BCUT2D eigenvalue weighted by molar-refractivity contribution is 0.0730. The quantitative estimate of drug-likeness (QED) is 0.600. The number of aryl methyl sites for hydroxylation is 1. The Morgan fingerprint density at radius 1 is 1.12 bits per heavy atom. The molecule has 0 spiro atoms. The Morgan fingerprint density at radius 2 is 1.84 bits per heavy atom. The van der Waals surface area contributed by atoms with Crippen LogP contribution in [-0.4, -0.2) is 50.1 Å². The van der Waals surface area contributed by atoms with Crippen LogP contribution >= 0.6 is 0 Å². The molecule has 0 radical (unpaired) electrons. The third kappa shape index (κ3) is 4.79. The molecule has 2 heterocycles. The van der Waals surface area contributed by atoms with Gasteiger partial charge >= 0.3 is 0 Å². The fourth-order valence-corrected chi connectivity index (χ4v) is 4.51. The maximum Gasteiger partial charge on any atom is 0.294 e. The molecule has 1 aliphatic heterocycles. The Hall–Kier alpha value is -3.28. The van der Waals surface area contributed by atoms with Gasteiger partial charge in [0, 0.05) is 19.2 Å². The van der Waals surface area contributed by atoms with E-state index in [0.29, 0.717) is 24.7 Å². The molecule has 4 rings (SSSR count). The van der Waals surface area contributed by atoms with Crippen molar-refractivity contribution in [1.29, 1.82) is 0 Å². The highest BCUT2D eigenvalue weighted by molar-refractivity contribution is 7.89. The summed E-state index contributed by atoms with van der Waals surface area (Å²) in [6, 6.07) is 10.9. The number of hydrogen-bond donors (Lipinski definition) is 1. The molecule has 2 aromatic carbocycles. The van der Waals surface area contributed by atoms with E-state index in [1.165, 1.54) is 52.8 Å². The van der Waals surface area contributed by atoms with Crippen molar-refractivity contribution in [2.75, 3.05) is 31.6 Å². The normalized spacial score (nSPS) is 14.8. The van der Waals surface area contributed by atoms with Crippen LogP contribution < -0.4 is 10.1 Å². The van der Waals surface area contributed by atoms with Gasteiger partial charge in [0.15, 0.2) is 5.75 Å². The monoisotopic (exact) mass is 461 g/mol. The first-order valence-corrected chi connectivity index (χ1v) is 11.2. The number of morpholine rings is 1. The van der Waals surface area contributed by atoms with Crippen LogP contribution in [0.3, 0.4) is 0 Å². The zero-order valence-electron chi connectivity index (χ0n) is 17.1. The van der Waals surface area contributed by atoms with Gasteiger partial charge in [-0.1, -0.05) is 5.16 Å². The molecule has 1 fully saturated rings. The molecule has 1 N–H and O–H groups in total. The number of anilines is 1. The molecule has 0 bridgehead atoms. The average molecular weight is 461 g/mol. The lowest BCUT2D eigenvalue weighted by Gasteiger charge is -2.26. The van der Waals surface area contributed by atoms with E-state index in [2.05, 4.69) is 10.5 Å². The van der Waals surface area contributed by atoms with Gasteiger partial charge in [-0.05, 0) is 49.4 Å². The highest BCUT2D eigenvalue weighted by Gasteiger charge is 2.27. The molecule has 11 heteroatoms. The van der Waals surface area contributed by atoms with Crippen LogP contribution in [0.4, 0.5) is 10.1 Å². The van der Waals surface area contributed by atoms with Crippen LogP contribution in [0.1, 0.15) is 16.2 Å². The number of nitrogens with zero attached hydrogens (tertiary/aromatic N) is 2. The van der Waals surface area contributed by atoms with Gasteiger partial charge in [-0.25, -0.2) is 12.8 Å². The smallest absolute Gasteiger partial charge is 0.294 e. The molecule has 1 saturated heterocycles. The number of amides is 1. The van der Waals surface area contributed by atoms with E-state index in [9.17, 15) is 17.6 Å². The summed E-state index contributed by atoms with van der Waals surface area (Å²) in [7, 11) is -3.81. The number of aromatic nitrogens is 1. The second-order valence-electron chi connectivity index (χ2n) is 7.02. The van der Waals surface area contributed by atoms with Crippen LogP contribution in [0, 0.1) is 12.7 Å². The van der Waals surface area contributed by atoms with Crippen molar-refractivity contribution in [2.24, 2.45) is 0 Å². The molecule has 32 heavy (non-hydrogen) atoms. The number of sulfonamides is 1. The van der Waals surface area contributed by atoms with Crippen LogP contribution in [0.25, 0.3) is 0 Å². The summed E-state index contributed by atoms with van der Waals surface area (Å²) < 4.78 is 56.6. The molecular formula is C21H20FN3O6S. The minimum absolute atomic E-state index is 0.0186. The van der Waals surface area contributed by atoms with Crippen molar-refractivity contribution in [3.63, 3.8) is 0 Å². The number of carbonyl (C=O) groups excluding carboxylic acids is 1. The summed E-state index contributed by atoms with van der Waals surface area (Å²) in [5.41, 5.74) is 0.615. The average Bonchev–Trinajstić information content (AvgIpc) is 3.23. The van der Waals surface area contributed by atoms with Crippen molar-refractivity contribution < 1.29 is 31.6 Å². The van der Waals surface area contributed by atoms with Gasteiger partial charge in [-0.2, -0.15) is 4.31 Å². The van der Waals surface area contributed by atoms with Gasteiger partial charge in [0.2, 0.25) is 15.8 Å². The summed E-state index contributed by atoms with van der Waals surface area (Å²) >= 11 is 0. The Labute approximate surface area is 183 Å². The lowest BCUT2D eigenvalue weighted by Crippen LogP contribution is -2.40. The maximum absolute atomic E-state index is 13.2. The fourth-order valence-electron chi connectivity index (χ4n) is 3.08. The predicted molar refractivity (Wildman–Crippen MR) is 112 cm³/mol. The van der Waals surface area contributed by atoms with Crippen molar-refractivity contribution >= 4 is 21.6 Å². The number of hydrogen-bond acceptors (Lipinski definition) is 7. The van der Waals surface area contributed by atoms with Gasteiger partial charge in [-0.3, -0.25) is 4.79 Å². The molecule has 0 saturated carbocycles. The van der Waals surface area contributed by atoms with Crippen molar-refractivity contribution in [3.8, 4) is 11.5 Å². The summed E-state index contributed by atoms with van der Waals surface area (Å²) in [4.78, 5) is 12.6. The minimum atomic E-state index is -3.81. The number of rotatable bonds is 6. The first kappa shape index (κ1) is 21.9. The second-order valence-corrected chi connectivity index (χ2v) is 8.96. The Balaban J connectivity index is 1.68. The van der Waals surface area contributed by atoms with E-state index in [1.807, 2.05) is 0 Å². The van der Waals surface area contributed by atoms with Gasteiger partial charge in [-0.15, -0.1) is 0 Å². The van der Waals surface area contributed by atoms with E-state index in [0.717, 1.165) is 0 Å². The molecule has 168 valence electrons. The van der Waals surface area contributed by atoms with Gasteiger partial charge in [0.05, 0.1) is 29.5 Å². The van der Waals surface area contributed by atoms with Gasteiger partial charge in [0.25, 0.3) is 5.91 Å². The number of benzene rings is 2. The second kappa shape index (κ2) is 9.07. The van der Waals surface area contributed by atoms with Crippen molar-refractivity contribution in [2.45, 2.75) is 11.8 Å². The number of halogens is 1. The molecule has 1 aromatic heterocycles. The molecule has 1 amide bonds. The van der Waals surface area contributed by atoms with E-state index in [4.69, 9.17) is 14.0 Å². The summed E-state index contributed by atoms with van der Waals surface area (Å²) in [6.07, 6.45) is 0. The standard InChI is InChI=1S/C21H20FN3O6S/c1-14-12-20(31-24-14)21(26)23-18-13-17(32(27,28)25-8-10-29-11-9-25)6-7-19(18)30-16-4-2-15(22)3-5-16/h2-7,12-13H,8-11H2,1H3,(H,23,26). The minimum Gasteiger partial charge on any atom is -0.455 e. The van der Waals surface area contributed by atoms with Crippen molar-refractivity contribution in [1.82, 2.24) is 9.46 Å². The van der Waals surface area contributed by atoms with Gasteiger partial charge < -0.3 is 19.3 Å². The topological polar surface area (TPSA) is 111 Å². The SMILES string of the molecule is Cc1cc(C(=O)Nc2cc(S(=O)(=O)N3CCOCC3)ccc2Oc2ccc(F)cc2)on1. The van der Waals surface area contributed by atoms with E-state index >= 15 is 0 Å². The molecule has 0 unspecified atom stereocenters. The third-order valence-corrected chi connectivity index (χ3v) is 6.59. The summed E-state index contributed by atoms with van der Waals surface area (Å²) in [5.74, 6) is -0.631. The summed E-state index contributed by atoms with van der Waals surface area (Å²) in [6.45, 7) is 2.74. The van der Waals surface area contributed by atoms with Crippen LogP contribution in [0.5, 0.6) is 11.5 Å². The number of ether oxygens (including phenoxy) is 2. The van der Waals surface area contributed by atoms with Crippen molar-refractivity contribution in [3.05, 3.63) is 65.8 Å². The van der Waals surface area contributed by atoms with E-state index < -0.39 is 21.7 Å². The first-order valence-electron chi connectivity index (χ1n) is 9.73. The van der Waals surface area contributed by atoms with E-state index in [-0.39, 0.29) is 35.2 Å². The largest absolute Gasteiger partial charge is 0.455 e. The highest BCUT2D eigenvalue weighted by atomic mass is 32.2. The zero-order valence-corrected chi connectivity index (χ0v) is 17.9. The maximum atomic E-state index is 13.2. The zero-order chi connectivity index (χ0) is 22.7. The number of carbonyl (C=O) groups is 1. The molecule has 0 atom stereocenters. The predicted octanol–water partition coefficient (Wildman–Crippen LogP) is 3.19. The van der Waals surface area contributed by atoms with Crippen LogP contribution in [0.2, 0.25) is 0 Å². The highest BCUT2D eigenvalue weighted by Crippen LogP contribution is 2.33. The molecule has 3 aromatic rings.